The summed E-state index contributed by atoms with van der Waals surface area (Å²) >= 11 is 0. The molecule has 0 radical (unpaired) electrons. The van der Waals surface area contributed by atoms with Gasteiger partial charge in [0.25, 0.3) is 0 Å². The van der Waals surface area contributed by atoms with Gasteiger partial charge in [-0.3, -0.25) is 0 Å². The zero-order valence-electron chi connectivity index (χ0n) is 10.9. The van der Waals surface area contributed by atoms with Crippen LogP contribution >= 0.6 is 0 Å². The van der Waals surface area contributed by atoms with Crippen molar-refractivity contribution in [1.29, 1.82) is 0 Å². The molecular weight excluding hydrogens is 248 g/mol. The maximum Gasteiger partial charge on any atom is 0.182 e. The van der Waals surface area contributed by atoms with Crippen LogP contribution in [0.1, 0.15) is 18.4 Å². The highest BCUT2D eigenvalue weighted by molar-refractivity contribution is 7.91. The SMILES string of the molecule is CNCCCC1CS(=O)(=O)c2cc(C)ccc2N1. The molecule has 2 rings (SSSR count). The highest BCUT2D eigenvalue weighted by Gasteiger charge is 2.29. The van der Waals surface area contributed by atoms with E-state index in [0.717, 1.165) is 30.6 Å². The van der Waals surface area contributed by atoms with Crippen molar-refractivity contribution in [3.63, 3.8) is 0 Å². The molecule has 1 atom stereocenters. The summed E-state index contributed by atoms with van der Waals surface area (Å²) in [4.78, 5) is 0.451. The fraction of sp³-hybridized carbons (Fsp3) is 0.538. The number of nitrogens with one attached hydrogen (secondary N) is 2. The molecule has 2 N–H and O–H groups in total. The largest absolute Gasteiger partial charge is 0.380 e. The minimum Gasteiger partial charge on any atom is -0.380 e. The van der Waals surface area contributed by atoms with Gasteiger partial charge in [0, 0.05) is 6.04 Å². The van der Waals surface area contributed by atoms with Crippen molar-refractivity contribution in [2.75, 3.05) is 24.7 Å². The molecule has 0 spiro atoms. The smallest absolute Gasteiger partial charge is 0.182 e. The average molecular weight is 268 g/mol. The molecule has 4 nitrogen and oxygen atoms in total. The Morgan fingerprint density at radius 2 is 2.22 bits per heavy atom. The van der Waals surface area contributed by atoms with Crippen LogP contribution in [0.5, 0.6) is 0 Å². The molecule has 1 aliphatic rings. The molecule has 18 heavy (non-hydrogen) atoms. The summed E-state index contributed by atoms with van der Waals surface area (Å²) < 4.78 is 24.4. The van der Waals surface area contributed by atoms with Crippen molar-refractivity contribution in [2.45, 2.75) is 30.7 Å². The molecule has 0 bridgehead atoms. The van der Waals surface area contributed by atoms with E-state index >= 15 is 0 Å². The average Bonchev–Trinajstić information content (AvgIpc) is 2.30. The second kappa shape index (κ2) is 5.28. The van der Waals surface area contributed by atoms with Crippen LogP contribution in [0.25, 0.3) is 0 Å². The van der Waals surface area contributed by atoms with Crippen molar-refractivity contribution in [1.82, 2.24) is 5.32 Å². The molecule has 1 unspecified atom stereocenters. The summed E-state index contributed by atoms with van der Waals surface area (Å²) in [5, 5.41) is 6.41. The van der Waals surface area contributed by atoms with E-state index < -0.39 is 9.84 Å². The van der Waals surface area contributed by atoms with Gasteiger partial charge in [-0.25, -0.2) is 8.42 Å². The molecule has 1 aromatic rings. The summed E-state index contributed by atoms with van der Waals surface area (Å²) in [6.45, 7) is 2.83. The van der Waals surface area contributed by atoms with Crippen LogP contribution in [-0.2, 0) is 9.84 Å². The van der Waals surface area contributed by atoms with Crippen LogP contribution in [0.2, 0.25) is 0 Å². The number of hydrogen-bond acceptors (Lipinski definition) is 4. The maximum atomic E-state index is 12.2. The van der Waals surface area contributed by atoms with Crippen molar-refractivity contribution in [3.05, 3.63) is 23.8 Å². The molecule has 0 amide bonds. The molecular formula is C13H20N2O2S. The van der Waals surface area contributed by atoms with E-state index in [1.54, 1.807) is 6.07 Å². The minimum atomic E-state index is -3.13. The van der Waals surface area contributed by atoms with E-state index in [2.05, 4.69) is 10.6 Å². The third-order valence-corrected chi connectivity index (χ3v) is 5.08. The molecule has 0 fully saturated rings. The minimum absolute atomic E-state index is 0.0264. The summed E-state index contributed by atoms with van der Waals surface area (Å²) in [6, 6.07) is 5.59. The van der Waals surface area contributed by atoms with Crippen LogP contribution < -0.4 is 10.6 Å². The Hall–Kier alpha value is -1.07. The van der Waals surface area contributed by atoms with E-state index in [4.69, 9.17) is 0 Å². The third kappa shape index (κ3) is 2.84. The Bertz CT molecular complexity index is 526. The van der Waals surface area contributed by atoms with E-state index in [1.165, 1.54) is 0 Å². The molecule has 0 aromatic heterocycles. The van der Waals surface area contributed by atoms with Gasteiger partial charge in [0.1, 0.15) is 0 Å². The molecule has 100 valence electrons. The van der Waals surface area contributed by atoms with Crippen LogP contribution in [0.4, 0.5) is 5.69 Å². The lowest BCUT2D eigenvalue weighted by molar-refractivity contribution is 0.569. The van der Waals surface area contributed by atoms with Gasteiger partial charge in [-0.05, 0) is 51.1 Å². The van der Waals surface area contributed by atoms with E-state index in [9.17, 15) is 8.42 Å². The summed E-state index contributed by atoms with van der Waals surface area (Å²) in [5.41, 5.74) is 1.73. The molecule has 5 heteroatoms. The lowest BCUT2D eigenvalue weighted by Crippen LogP contribution is -2.34. The van der Waals surface area contributed by atoms with Crippen LogP contribution in [-0.4, -0.2) is 33.8 Å². The molecule has 1 aliphatic heterocycles. The van der Waals surface area contributed by atoms with E-state index in [-0.39, 0.29) is 11.8 Å². The second-order valence-electron chi connectivity index (χ2n) is 4.87. The van der Waals surface area contributed by atoms with Crippen molar-refractivity contribution in [2.24, 2.45) is 0 Å². The van der Waals surface area contributed by atoms with E-state index in [1.807, 2.05) is 26.1 Å². The first kappa shape index (κ1) is 13.4. The van der Waals surface area contributed by atoms with Gasteiger partial charge < -0.3 is 10.6 Å². The highest BCUT2D eigenvalue weighted by atomic mass is 32.2. The summed E-state index contributed by atoms with van der Waals surface area (Å²) in [6.07, 6.45) is 1.85. The zero-order chi connectivity index (χ0) is 13.2. The first-order chi connectivity index (χ1) is 8.53. The lowest BCUT2D eigenvalue weighted by Gasteiger charge is -2.27. The Morgan fingerprint density at radius 1 is 1.44 bits per heavy atom. The number of aryl methyl sites for hydroxylation is 1. The zero-order valence-corrected chi connectivity index (χ0v) is 11.7. The Labute approximate surface area is 109 Å². The number of hydrogen-bond donors (Lipinski definition) is 2. The van der Waals surface area contributed by atoms with Crippen molar-refractivity contribution >= 4 is 15.5 Å². The number of benzene rings is 1. The lowest BCUT2D eigenvalue weighted by atomic mass is 10.1. The third-order valence-electron chi connectivity index (χ3n) is 3.23. The van der Waals surface area contributed by atoms with Crippen LogP contribution in [0.15, 0.2) is 23.1 Å². The fourth-order valence-electron chi connectivity index (χ4n) is 2.30. The molecule has 0 saturated heterocycles. The summed E-state index contributed by atoms with van der Waals surface area (Å²) in [5.74, 6) is 0.202. The monoisotopic (exact) mass is 268 g/mol. The van der Waals surface area contributed by atoms with Gasteiger partial charge in [-0.15, -0.1) is 0 Å². The Kier molecular flexibility index (Phi) is 3.92. The Balaban J connectivity index is 2.19. The topological polar surface area (TPSA) is 58.2 Å². The van der Waals surface area contributed by atoms with Crippen LogP contribution in [0.3, 0.4) is 0 Å². The van der Waals surface area contributed by atoms with Gasteiger partial charge in [-0.2, -0.15) is 0 Å². The molecule has 1 heterocycles. The standard InChI is InChI=1S/C13H20N2O2S/c1-10-5-6-12-13(8-10)18(16,17)9-11(15-12)4-3-7-14-2/h5-6,8,11,14-15H,3-4,7,9H2,1-2H3. The quantitative estimate of drug-likeness (QED) is 0.814. The first-order valence-corrected chi connectivity index (χ1v) is 7.93. The fourth-order valence-corrected chi connectivity index (χ4v) is 4.09. The van der Waals surface area contributed by atoms with Crippen LogP contribution in [0, 0.1) is 6.92 Å². The van der Waals surface area contributed by atoms with E-state index in [0.29, 0.717) is 4.90 Å². The van der Waals surface area contributed by atoms with Crippen molar-refractivity contribution in [3.8, 4) is 0 Å². The summed E-state index contributed by atoms with van der Waals surface area (Å²) in [7, 11) is -1.23. The number of rotatable bonds is 4. The van der Waals surface area contributed by atoms with Gasteiger partial charge >= 0.3 is 0 Å². The van der Waals surface area contributed by atoms with Gasteiger partial charge in [0.05, 0.1) is 16.3 Å². The van der Waals surface area contributed by atoms with Gasteiger partial charge in [0.2, 0.25) is 0 Å². The first-order valence-electron chi connectivity index (χ1n) is 6.27. The maximum absolute atomic E-state index is 12.2. The second-order valence-corrected chi connectivity index (χ2v) is 6.87. The van der Waals surface area contributed by atoms with Gasteiger partial charge in [-0.1, -0.05) is 6.07 Å². The molecule has 0 saturated carbocycles. The number of sulfone groups is 1. The highest BCUT2D eigenvalue weighted by Crippen LogP contribution is 2.30. The molecule has 0 aliphatic carbocycles. The van der Waals surface area contributed by atoms with Gasteiger partial charge in [0.15, 0.2) is 9.84 Å². The number of fused-ring (bicyclic) bond motifs is 1. The van der Waals surface area contributed by atoms with Crippen molar-refractivity contribution < 1.29 is 8.42 Å². The normalized spacial score (nSPS) is 21.1. The predicted molar refractivity (Wildman–Crippen MR) is 73.8 cm³/mol. The Morgan fingerprint density at radius 3 is 2.94 bits per heavy atom. The predicted octanol–water partition coefficient (Wildman–Crippen LogP) is 1.56. The number of anilines is 1. The molecule has 1 aromatic carbocycles.